The van der Waals surface area contributed by atoms with Crippen molar-refractivity contribution in [2.75, 3.05) is 17.6 Å². The maximum atomic E-state index is 11.8. The van der Waals surface area contributed by atoms with Crippen molar-refractivity contribution in [3.8, 4) is 6.07 Å². The van der Waals surface area contributed by atoms with Gasteiger partial charge in [0.25, 0.3) is 0 Å². The molecule has 0 spiro atoms. The van der Waals surface area contributed by atoms with E-state index in [0.29, 0.717) is 29.5 Å². The van der Waals surface area contributed by atoms with Crippen LogP contribution in [0.2, 0.25) is 0 Å². The lowest BCUT2D eigenvalue weighted by Gasteiger charge is -2.16. The number of carbonyl (C=O) groups is 1. The Kier molecular flexibility index (Phi) is 5.12. The first-order chi connectivity index (χ1) is 8.93. The normalized spacial score (nSPS) is 11.7. The van der Waals surface area contributed by atoms with E-state index in [1.54, 1.807) is 6.92 Å². The summed E-state index contributed by atoms with van der Waals surface area (Å²) in [4.78, 5) is 15.8. The number of aromatic nitrogens is 1. The molecular formula is C13H19N5O. The molecule has 0 aliphatic heterocycles. The molecule has 1 unspecified atom stereocenters. The Morgan fingerprint density at radius 3 is 2.79 bits per heavy atom. The van der Waals surface area contributed by atoms with E-state index in [0.717, 1.165) is 0 Å². The van der Waals surface area contributed by atoms with Gasteiger partial charge in [0.15, 0.2) is 0 Å². The van der Waals surface area contributed by atoms with Crippen LogP contribution < -0.4 is 16.4 Å². The molecule has 0 radical (unpaired) electrons. The summed E-state index contributed by atoms with van der Waals surface area (Å²) in [7, 11) is 0. The summed E-state index contributed by atoms with van der Waals surface area (Å²) in [6.45, 7) is 6.38. The first-order valence-electron chi connectivity index (χ1n) is 6.14. The summed E-state index contributed by atoms with van der Waals surface area (Å²) < 4.78 is 0. The van der Waals surface area contributed by atoms with Gasteiger partial charge >= 0.3 is 0 Å². The summed E-state index contributed by atoms with van der Waals surface area (Å²) >= 11 is 0. The topological polar surface area (TPSA) is 104 Å². The van der Waals surface area contributed by atoms with Gasteiger partial charge in [-0.25, -0.2) is 4.98 Å². The number of hydrogen-bond donors (Lipinski definition) is 3. The van der Waals surface area contributed by atoms with Gasteiger partial charge < -0.3 is 16.4 Å². The van der Waals surface area contributed by atoms with Gasteiger partial charge in [-0.1, -0.05) is 13.8 Å². The second-order valence-electron chi connectivity index (χ2n) is 4.78. The first kappa shape index (κ1) is 14.8. The summed E-state index contributed by atoms with van der Waals surface area (Å²) in [5.41, 5.74) is 6.29. The molecule has 1 aromatic rings. The Morgan fingerprint density at radius 1 is 1.53 bits per heavy atom. The number of nitrogens with zero attached hydrogens (tertiary/aromatic N) is 2. The number of anilines is 2. The lowest BCUT2D eigenvalue weighted by Crippen LogP contribution is -2.39. The maximum absolute atomic E-state index is 11.8. The molecule has 1 amide bonds. The number of nitrogens with one attached hydrogen (secondary N) is 2. The van der Waals surface area contributed by atoms with Crippen molar-refractivity contribution in [1.82, 2.24) is 10.3 Å². The van der Waals surface area contributed by atoms with Crippen LogP contribution in [0, 0.1) is 17.2 Å². The van der Waals surface area contributed by atoms with Crippen LogP contribution in [0.3, 0.4) is 0 Å². The van der Waals surface area contributed by atoms with Crippen molar-refractivity contribution in [1.29, 1.82) is 5.26 Å². The molecule has 6 heteroatoms. The van der Waals surface area contributed by atoms with Gasteiger partial charge in [-0.2, -0.15) is 5.26 Å². The smallest absolute Gasteiger partial charge is 0.242 e. The number of carbonyl (C=O) groups excluding carboxylic acids is 1. The van der Waals surface area contributed by atoms with Crippen LogP contribution >= 0.6 is 0 Å². The number of rotatable bonds is 5. The zero-order chi connectivity index (χ0) is 14.4. The highest BCUT2D eigenvalue weighted by Gasteiger charge is 2.15. The Balaban J connectivity index is 2.69. The van der Waals surface area contributed by atoms with Gasteiger partial charge in [0.2, 0.25) is 5.91 Å². The van der Waals surface area contributed by atoms with Gasteiger partial charge in [-0.3, -0.25) is 4.79 Å². The fourth-order valence-corrected chi connectivity index (χ4v) is 1.41. The molecule has 0 aromatic carbocycles. The predicted molar refractivity (Wildman–Crippen MR) is 74.3 cm³/mol. The van der Waals surface area contributed by atoms with E-state index in [1.165, 1.54) is 12.3 Å². The molecule has 0 aliphatic rings. The van der Waals surface area contributed by atoms with Crippen LogP contribution in [0.15, 0.2) is 12.3 Å². The predicted octanol–water partition coefficient (Wildman–Crippen LogP) is 1.11. The molecule has 0 bridgehead atoms. The Labute approximate surface area is 113 Å². The first-order valence-corrected chi connectivity index (χ1v) is 6.14. The highest BCUT2D eigenvalue weighted by molar-refractivity contribution is 5.84. The fourth-order valence-electron chi connectivity index (χ4n) is 1.41. The molecule has 0 fully saturated rings. The number of nitrogens with two attached hydrogens (primary N) is 1. The third-order valence-electron chi connectivity index (χ3n) is 2.46. The quantitative estimate of drug-likeness (QED) is 0.736. The summed E-state index contributed by atoms with van der Waals surface area (Å²) in [5.74, 6) is 0.626. The minimum atomic E-state index is -0.470. The lowest BCUT2D eigenvalue weighted by molar-refractivity contribution is -0.121. The minimum absolute atomic E-state index is 0.129. The third-order valence-corrected chi connectivity index (χ3v) is 2.46. The lowest BCUT2D eigenvalue weighted by atomic mass is 10.2. The average Bonchev–Trinajstić information content (AvgIpc) is 2.37. The van der Waals surface area contributed by atoms with Crippen LogP contribution in [-0.2, 0) is 4.79 Å². The molecular weight excluding hydrogens is 242 g/mol. The summed E-state index contributed by atoms with van der Waals surface area (Å²) in [6, 6.07) is 3.05. The molecule has 19 heavy (non-hydrogen) atoms. The molecule has 0 saturated carbocycles. The van der Waals surface area contributed by atoms with E-state index in [9.17, 15) is 4.79 Å². The Morgan fingerprint density at radius 2 is 2.21 bits per heavy atom. The number of amides is 1. The van der Waals surface area contributed by atoms with E-state index >= 15 is 0 Å². The number of nitriles is 1. The van der Waals surface area contributed by atoms with Crippen molar-refractivity contribution in [3.63, 3.8) is 0 Å². The van der Waals surface area contributed by atoms with E-state index in [4.69, 9.17) is 11.0 Å². The van der Waals surface area contributed by atoms with Crippen molar-refractivity contribution in [2.24, 2.45) is 5.92 Å². The highest BCUT2D eigenvalue weighted by atomic mass is 16.2. The summed E-state index contributed by atoms with van der Waals surface area (Å²) in [5, 5.41) is 14.7. The van der Waals surface area contributed by atoms with Gasteiger partial charge in [0.05, 0.1) is 17.4 Å². The van der Waals surface area contributed by atoms with Crippen LogP contribution in [0.25, 0.3) is 0 Å². The molecule has 0 aliphatic carbocycles. The van der Waals surface area contributed by atoms with E-state index in [-0.39, 0.29) is 5.91 Å². The molecule has 102 valence electrons. The highest BCUT2D eigenvalue weighted by Crippen LogP contribution is 2.15. The Bertz CT molecular complexity index is 492. The molecule has 1 heterocycles. The molecule has 6 nitrogen and oxygen atoms in total. The van der Waals surface area contributed by atoms with Crippen molar-refractivity contribution in [2.45, 2.75) is 26.8 Å². The zero-order valence-corrected chi connectivity index (χ0v) is 11.4. The zero-order valence-electron chi connectivity index (χ0n) is 11.4. The second-order valence-corrected chi connectivity index (χ2v) is 4.78. The largest absolute Gasteiger partial charge is 0.397 e. The SMILES string of the molecule is CC(C)CNC(=O)C(C)Nc1ncc(N)cc1C#N. The molecule has 1 atom stereocenters. The maximum Gasteiger partial charge on any atom is 0.242 e. The molecule has 1 aromatic heterocycles. The van der Waals surface area contributed by atoms with Gasteiger partial charge in [-0.05, 0) is 18.9 Å². The number of nitrogen functional groups attached to an aromatic ring is 1. The van der Waals surface area contributed by atoms with Crippen LogP contribution in [0.5, 0.6) is 0 Å². The average molecular weight is 261 g/mol. The second kappa shape index (κ2) is 6.59. The fraction of sp³-hybridized carbons (Fsp3) is 0.462. The van der Waals surface area contributed by atoms with Crippen LogP contribution in [0.4, 0.5) is 11.5 Å². The molecule has 1 rings (SSSR count). The molecule has 4 N–H and O–H groups in total. The van der Waals surface area contributed by atoms with E-state index in [1.807, 2.05) is 19.9 Å². The van der Waals surface area contributed by atoms with Crippen LogP contribution in [0.1, 0.15) is 26.3 Å². The van der Waals surface area contributed by atoms with Gasteiger partial charge in [0.1, 0.15) is 17.9 Å². The van der Waals surface area contributed by atoms with E-state index in [2.05, 4.69) is 15.6 Å². The van der Waals surface area contributed by atoms with Crippen molar-refractivity contribution < 1.29 is 4.79 Å². The molecule has 0 saturated heterocycles. The number of hydrogen-bond acceptors (Lipinski definition) is 5. The standard InChI is InChI=1S/C13H19N5O/c1-8(2)6-17-13(19)9(3)18-12-10(5-14)4-11(15)7-16-12/h4,7-9H,6,15H2,1-3H3,(H,16,18)(H,17,19). The number of pyridine rings is 1. The van der Waals surface area contributed by atoms with Crippen molar-refractivity contribution >= 4 is 17.4 Å². The van der Waals surface area contributed by atoms with Crippen LogP contribution in [-0.4, -0.2) is 23.5 Å². The van der Waals surface area contributed by atoms with Gasteiger partial charge in [0, 0.05) is 6.54 Å². The summed E-state index contributed by atoms with van der Waals surface area (Å²) in [6.07, 6.45) is 1.45. The van der Waals surface area contributed by atoms with E-state index < -0.39 is 6.04 Å². The third kappa shape index (κ3) is 4.47. The Hall–Kier alpha value is -2.29. The van der Waals surface area contributed by atoms with Crippen molar-refractivity contribution in [3.05, 3.63) is 17.8 Å². The minimum Gasteiger partial charge on any atom is -0.397 e. The monoisotopic (exact) mass is 261 g/mol. The van der Waals surface area contributed by atoms with Gasteiger partial charge in [-0.15, -0.1) is 0 Å².